The van der Waals surface area contributed by atoms with Crippen molar-refractivity contribution >= 4 is 0 Å². The highest BCUT2D eigenvalue weighted by molar-refractivity contribution is 5.41. The van der Waals surface area contributed by atoms with Crippen LogP contribution >= 0.6 is 0 Å². The molecule has 0 spiro atoms. The number of fused-ring (bicyclic) bond motifs is 5. The molecule has 134 valence electrons. The lowest BCUT2D eigenvalue weighted by molar-refractivity contribution is 0.0825. The first-order valence-electron chi connectivity index (χ1n) is 10.2. The molecule has 2 aromatic carbocycles. The largest absolute Gasteiger partial charge is 0.489 e. The summed E-state index contributed by atoms with van der Waals surface area (Å²) in [4.78, 5) is 0. The van der Waals surface area contributed by atoms with Gasteiger partial charge in [-0.25, -0.2) is 0 Å². The highest BCUT2D eigenvalue weighted by atomic mass is 16.5. The third-order valence-corrected chi connectivity index (χ3v) is 7.27. The van der Waals surface area contributed by atoms with Crippen molar-refractivity contribution in [3.63, 3.8) is 0 Å². The van der Waals surface area contributed by atoms with Gasteiger partial charge in [-0.1, -0.05) is 55.5 Å². The van der Waals surface area contributed by atoms with Gasteiger partial charge in [0.15, 0.2) is 0 Å². The second kappa shape index (κ2) is 6.30. The number of rotatable bonds is 3. The number of hydrogen-bond donors (Lipinski definition) is 0. The van der Waals surface area contributed by atoms with Crippen LogP contribution in [0.25, 0.3) is 0 Å². The number of allylic oxidation sites excluding steroid dienone is 2. The first kappa shape index (κ1) is 16.2. The number of benzene rings is 2. The number of hydrogen-bond acceptors (Lipinski definition) is 1. The Bertz CT molecular complexity index is 821. The molecule has 0 saturated heterocycles. The maximum atomic E-state index is 6.07. The van der Waals surface area contributed by atoms with Gasteiger partial charge in [-0.05, 0) is 84.1 Å². The quantitative estimate of drug-likeness (QED) is 0.595. The molecule has 0 aromatic heterocycles. The van der Waals surface area contributed by atoms with Gasteiger partial charge in [-0.2, -0.15) is 0 Å². The topological polar surface area (TPSA) is 9.23 Å². The van der Waals surface area contributed by atoms with Gasteiger partial charge in [0.05, 0.1) is 0 Å². The number of ether oxygens (including phenoxy) is 1. The van der Waals surface area contributed by atoms with Gasteiger partial charge < -0.3 is 4.74 Å². The molecule has 3 aliphatic rings. The Morgan fingerprint density at radius 1 is 1.08 bits per heavy atom. The molecule has 0 radical (unpaired) electrons. The average Bonchev–Trinajstić information content (AvgIpc) is 3.08. The summed E-state index contributed by atoms with van der Waals surface area (Å²) in [5.74, 6) is 3.52. The monoisotopic (exact) mass is 344 g/mol. The SMILES string of the molecule is C[C@]12C=CC[C@@H]1[C@H]1CCc3cc(OCc4ccccc4)ccc3[C@@H]1CC2. The molecule has 0 amide bonds. The molecule has 0 heterocycles. The maximum Gasteiger partial charge on any atom is 0.120 e. The summed E-state index contributed by atoms with van der Waals surface area (Å²) >= 11 is 0. The smallest absolute Gasteiger partial charge is 0.120 e. The van der Waals surface area contributed by atoms with E-state index in [1.165, 1.54) is 43.2 Å². The van der Waals surface area contributed by atoms with E-state index in [2.05, 4.69) is 61.5 Å². The molecule has 1 fully saturated rings. The summed E-state index contributed by atoms with van der Waals surface area (Å²) < 4.78 is 6.07. The Morgan fingerprint density at radius 3 is 2.85 bits per heavy atom. The fourth-order valence-corrected chi connectivity index (χ4v) is 5.87. The lowest BCUT2D eigenvalue weighted by Crippen LogP contribution is -2.39. The van der Waals surface area contributed by atoms with Crippen LogP contribution in [0.3, 0.4) is 0 Å². The molecule has 0 aliphatic heterocycles. The fourth-order valence-electron chi connectivity index (χ4n) is 5.87. The molecule has 0 unspecified atom stereocenters. The predicted molar refractivity (Wildman–Crippen MR) is 106 cm³/mol. The molecule has 0 N–H and O–H groups in total. The molecule has 4 atom stereocenters. The lowest BCUT2D eigenvalue weighted by atomic mass is 9.56. The van der Waals surface area contributed by atoms with E-state index < -0.39 is 0 Å². The zero-order chi connectivity index (χ0) is 17.6. The van der Waals surface area contributed by atoms with Gasteiger partial charge in [-0.15, -0.1) is 0 Å². The predicted octanol–water partition coefficient (Wildman–Crippen LogP) is 6.29. The van der Waals surface area contributed by atoms with Crippen LogP contribution in [0.5, 0.6) is 5.75 Å². The van der Waals surface area contributed by atoms with E-state index in [1.54, 1.807) is 5.56 Å². The van der Waals surface area contributed by atoms with Gasteiger partial charge >= 0.3 is 0 Å². The first-order chi connectivity index (χ1) is 12.7. The third kappa shape index (κ3) is 2.69. The molecule has 1 saturated carbocycles. The standard InChI is InChI=1S/C25H28O/c1-25-14-5-8-24(25)23-11-9-19-16-20(10-12-21(19)22(23)13-15-25)26-17-18-6-3-2-4-7-18/h2-7,10,12,14,16,22-24H,8-9,11,13,15,17H2,1H3/t22-,23-,24+,25+/m0/s1. The molecule has 2 aromatic rings. The van der Waals surface area contributed by atoms with Crippen molar-refractivity contribution in [1.29, 1.82) is 0 Å². The minimum Gasteiger partial charge on any atom is -0.489 e. The zero-order valence-corrected chi connectivity index (χ0v) is 15.7. The Labute approximate surface area is 157 Å². The van der Waals surface area contributed by atoms with Gasteiger partial charge in [0.1, 0.15) is 12.4 Å². The van der Waals surface area contributed by atoms with Crippen LogP contribution < -0.4 is 4.74 Å². The van der Waals surface area contributed by atoms with Gasteiger partial charge in [-0.3, -0.25) is 0 Å². The summed E-state index contributed by atoms with van der Waals surface area (Å²) in [6, 6.07) is 17.3. The summed E-state index contributed by atoms with van der Waals surface area (Å²) in [6.07, 6.45) is 11.5. The van der Waals surface area contributed by atoms with E-state index in [4.69, 9.17) is 4.74 Å². The molecular weight excluding hydrogens is 316 g/mol. The lowest BCUT2D eigenvalue weighted by Gasteiger charge is -2.49. The van der Waals surface area contributed by atoms with Crippen LogP contribution in [0.1, 0.15) is 55.2 Å². The normalized spacial score (nSPS) is 31.8. The van der Waals surface area contributed by atoms with Crippen LogP contribution in [0.4, 0.5) is 0 Å². The molecule has 5 rings (SSSR count). The summed E-state index contributed by atoms with van der Waals surface area (Å²) in [7, 11) is 0. The molecule has 1 nitrogen and oxygen atoms in total. The third-order valence-electron chi connectivity index (χ3n) is 7.27. The van der Waals surface area contributed by atoms with E-state index >= 15 is 0 Å². The van der Waals surface area contributed by atoms with Crippen molar-refractivity contribution < 1.29 is 4.74 Å². The van der Waals surface area contributed by atoms with Crippen LogP contribution in [0, 0.1) is 17.3 Å². The van der Waals surface area contributed by atoms with E-state index in [1.807, 2.05) is 6.07 Å². The van der Waals surface area contributed by atoms with Crippen molar-refractivity contribution in [3.05, 3.63) is 77.4 Å². The summed E-state index contributed by atoms with van der Waals surface area (Å²) in [5.41, 5.74) is 4.84. The number of aryl methyl sites for hydroxylation is 1. The second-order valence-electron chi connectivity index (χ2n) is 8.73. The minimum absolute atomic E-state index is 0.470. The highest BCUT2D eigenvalue weighted by Gasteiger charge is 2.48. The van der Waals surface area contributed by atoms with Gasteiger partial charge in [0.2, 0.25) is 0 Å². The Hall–Kier alpha value is -2.02. The Morgan fingerprint density at radius 2 is 1.96 bits per heavy atom. The van der Waals surface area contributed by atoms with Crippen LogP contribution in [-0.2, 0) is 13.0 Å². The van der Waals surface area contributed by atoms with E-state index in [0.29, 0.717) is 12.0 Å². The van der Waals surface area contributed by atoms with Crippen molar-refractivity contribution in [2.45, 2.75) is 51.6 Å². The molecule has 26 heavy (non-hydrogen) atoms. The van der Waals surface area contributed by atoms with Crippen molar-refractivity contribution in [3.8, 4) is 5.75 Å². The second-order valence-corrected chi connectivity index (χ2v) is 8.73. The minimum atomic E-state index is 0.470. The van der Waals surface area contributed by atoms with Crippen molar-refractivity contribution in [2.24, 2.45) is 17.3 Å². The van der Waals surface area contributed by atoms with E-state index in [-0.39, 0.29) is 0 Å². The van der Waals surface area contributed by atoms with Gasteiger partial charge in [0.25, 0.3) is 0 Å². The first-order valence-corrected chi connectivity index (χ1v) is 10.2. The zero-order valence-electron chi connectivity index (χ0n) is 15.7. The van der Waals surface area contributed by atoms with E-state index in [0.717, 1.165) is 23.5 Å². The van der Waals surface area contributed by atoms with Crippen LogP contribution in [-0.4, -0.2) is 0 Å². The summed E-state index contributed by atoms with van der Waals surface area (Å²) in [6.45, 7) is 3.14. The highest BCUT2D eigenvalue weighted by Crippen LogP contribution is 2.58. The van der Waals surface area contributed by atoms with Crippen molar-refractivity contribution in [1.82, 2.24) is 0 Å². The van der Waals surface area contributed by atoms with Crippen LogP contribution in [0.2, 0.25) is 0 Å². The fraction of sp³-hybridized carbons (Fsp3) is 0.440. The average molecular weight is 344 g/mol. The Kier molecular flexibility index (Phi) is 3.92. The van der Waals surface area contributed by atoms with E-state index in [9.17, 15) is 0 Å². The van der Waals surface area contributed by atoms with Crippen LogP contribution in [0.15, 0.2) is 60.7 Å². The van der Waals surface area contributed by atoms with Gasteiger partial charge in [0, 0.05) is 0 Å². The molecule has 0 bridgehead atoms. The Balaban J connectivity index is 1.35. The van der Waals surface area contributed by atoms with Crippen molar-refractivity contribution in [2.75, 3.05) is 0 Å². The maximum absolute atomic E-state index is 6.07. The summed E-state index contributed by atoms with van der Waals surface area (Å²) in [5, 5.41) is 0. The molecule has 1 heteroatoms. The molecular formula is C25H28O. The molecule has 3 aliphatic carbocycles.